The van der Waals surface area contributed by atoms with Gasteiger partial charge in [0.1, 0.15) is 13.2 Å². The van der Waals surface area contributed by atoms with Crippen LogP contribution in [-0.4, -0.2) is 37.2 Å². The SMILES string of the molecule is CC/C=C\C/C=C\C/C=C\C/C=C\C/C=C\C/C=C\CCCCCCCCCCCCCCC(=O)OCC(COC(=O)CCCCCCCCCCC)OC(=O)CCCCCCCCCCCCCCC. The number of allylic oxidation sites excluding steroid dienone is 12. The first-order chi connectivity index (χ1) is 35.0. The molecule has 0 heterocycles. The molecule has 410 valence electrons. The van der Waals surface area contributed by atoms with Gasteiger partial charge in [-0.25, -0.2) is 0 Å². The number of hydrogen-bond acceptors (Lipinski definition) is 6. The molecule has 6 nitrogen and oxygen atoms in total. The van der Waals surface area contributed by atoms with Gasteiger partial charge in [0.25, 0.3) is 0 Å². The average Bonchev–Trinajstić information content (AvgIpc) is 3.37. The Hall–Kier alpha value is -3.15. The van der Waals surface area contributed by atoms with Crippen LogP contribution in [0.2, 0.25) is 0 Å². The molecular formula is C65H114O6. The molecule has 0 spiro atoms. The largest absolute Gasteiger partial charge is 0.462 e. The minimum atomic E-state index is -0.770. The number of carbonyl (C=O) groups is 3. The lowest BCUT2D eigenvalue weighted by molar-refractivity contribution is -0.167. The van der Waals surface area contributed by atoms with Gasteiger partial charge in [0.2, 0.25) is 0 Å². The molecule has 0 aliphatic carbocycles. The summed E-state index contributed by atoms with van der Waals surface area (Å²) in [4.78, 5) is 38.0. The van der Waals surface area contributed by atoms with E-state index in [9.17, 15) is 14.4 Å². The third-order valence-corrected chi connectivity index (χ3v) is 13.2. The third kappa shape index (κ3) is 57.6. The van der Waals surface area contributed by atoms with Crippen LogP contribution in [0.4, 0.5) is 0 Å². The van der Waals surface area contributed by atoms with E-state index in [-0.39, 0.29) is 31.1 Å². The second kappa shape index (κ2) is 59.4. The summed E-state index contributed by atoms with van der Waals surface area (Å²) in [5.41, 5.74) is 0. The summed E-state index contributed by atoms with van der Waals surface area (Å²) in [5, 5.41) is 0. The molecule has 0 rings (SSSR count). The first-order valence-corrected chi connectivity index (χ1v) is 30.4. The predicted octanol–water partition coefficient (Wildman–Crippen LogP) is 20.5. The Morgan fingerprint density at radius 2 is 0.549 bits per heavy atom. The smallest absolute Gasteiger partial charge is 0.306 e. The zero-order chi connectivity index (χ0) is 51.4. The van der Waals surface area contributed by atoms with Crippen molar-refractivity contribution < 1.29 is 28.6 Å². The topological polar surface area (TPSA) is 78.9 Å². The lowest BCUT2D eigenvalue weighted by Gasteiger charge is -2.18. The fourth-order valence-corrected chi connectivity index (χ4v) is 8.68. The Kier molecular flexibility index (Phi) is 56.8. The number of unbranched alkanes of at least 4 members (excludes halogenated alkanes) is 32. The summed E-state index contributed by atoms with van der Waals surface area (Å²) in [5.74, 6) is -0.863. The van der Waals surface area contributed by atoms with Gasteiger partial charge in [-0.05, 0) is 70.6 Å². The normalized spacial score (nSPS) is 12.5. The minimum absolute atomic E-state index is 0.0705. The molecule has 0 amide bonds. The Balaban J connectivity index is 4.10. The maximum atomic E-state index is 12.8. The van der Waals surface area contributed by atoms with Crippen molar-refractivity contribution in [3.8, 4) is 0 Å². The van der Waals surface area contributed by atoms with Crippen LogP contribution in [0.15, 0.2) is 72.9 Å². The van der Waals surface area contributed by atoms with Crippen molar-refractivity contribution in [2.24, 2.45) is 0 Å². The maximum Gasteiger partial charge on any atom is 0.306 e. The van der Waals surface area contributed by atoms with Gasteiger partial charge in [0.05, 0.1) is 0 Å². The van der Waals surface area contributed by atoms with Gasteiger partial charge in [-0.3, -0.25) is 14.4 Å². The van der Waals surface area contributed by atoms with Crippen molar-refractivity contribution in [3.63, 3.8) is 0 Å². The summed E-state index contributed by atoms with van der Waals surface area (Å²) in [6.45, 7) is 6.53. The van der Waals surface area contributed by atoms with Gasteiger partial charge in [-0.15, -0.1) is 0 Å². The lowest BCUT2D eigenvalue weighted by Crippen LogP contribution is -2.30. The summed E-state index contributed by atoms with van der Waals surface area (Å²) < 4.78 is 16.8. The molecule has 0 radical (unpaired) electrons. The van der Waals surface area contributed by atoms with Crippen molar-refractivity contribution in [2.45, 2.75) is 309 Å². The molecule has 0 aromatic heterocycles. The molecular weight excluding hydrogens is 877 g/mol. The van der Waals surface area contributed by atoms with Crippen LogP contribution in [-0.2, 0) is 28.6 Å². The van der Waals surface area contributed by atoms with E-state index in [1.54, 1.807) is 0 Å². The molecule has 0 bridgehead atoms. The Bertz CT molecular complexity index is 1320. The first kappa shape index (κ1) is 67.8. The molecule has 0 aliphatic rings. The number of esters is 3. The van der Waals surface area contributed by atoms with Gasteiger partial charge in [-0.2, -0.15) is 0 Å². The van der Waals surface area contributed by atoms with E-state index in [0.717, 1.165) is 96.3 Å². The van der Waals surface area contributed by atoms with Crippen LogP contribution in [0.3, 0.4) is 0 Å². The van der Waals surface area contributed by atoms with Crippen LogP contribution in [0.1, 0.15) is 303 Å². The van der Waals surface area contributed by atoms with Crippen LogP contribution in [0, 0.1) is 0 Å². The summed E-state index contributed by atoms with van der Waals surface area (Å²) in [6.07, 6.45) is 76.3. The zero-order valence-electron chi connectivity index (χ0n) is 47.0. The van der Waals surface area contributed by atoms with Crippen molar-refractivity contribution in [1.82, 2.24) is 0 Å². The van der Waals surface area contributed by atoms with Crippen LogP contribution < -0.4 is 0 Å². The Labute approximate surface area is 440 Å². The number of hydrogen-bond donors (Lipinski definition) is 0. The van der Waals surface area contributed by atoms with E-state index in [1.165, 1.54) is 167 Å². The molecule has 1 atom stereocenters. The van der Waals surface area contributed by atoms with Crippen molar-refractivity contribution in [3.05, 3.63) is 72.9 Å². The molecule has 0 aromatic rings. The lowest BCUT2D eigenvalue weighted by atomic mass is 10.0. The highest BCUT2D eigenvalue weighted by Gasteiger charge is 2.19. The first-order valence-electron chi connectivity index (χ1n) is 30.4. The fourth-order valence-electron chi connectivity index (χ4n) is 8.68. The Morgan fingerprint density at radius 1 is 0.296 bits per heavy atom. The highest BCUT2D eigenvalue weighted by atomic mass is 16.6. The van der Waals surface area contributed by atoms with Gasteiger partial charge in [0.15, 0.2) is 6.10 Å². The summed E-state index contributed by atoms with van der Waals surface area (Å²) in [6, 6.07) is 0. The highest BCUT2D eigenvalue weighted by Crippen LogP contribution is 2.16. The average molecular weight is 992 g/mol. The van der Waals surface area contributed by atoms with Crippen LogP contribution >= 0.6 is 0 Å². The van der Waals surface area contributed by atoms with Crippen molar-refractivity contribution in [1.29, 1.82) is 0 Å². The highest BCUT2D eigenvalue weighted by molar-refractivity contribution is 5.71. The molecule has 0 fully saturated rings. The number of ether oxygens (including phenoxy) is 3. The van der Waals surface area contributed by atoms with E-state index in [0.29, 0.717) is 19.3 Å². The molecule has 6 heteroatoms. The number of rotatable bonds is 55. The van der Waals surface area contributed by atoms with Crippen molar-refractivity contribution >= 4 is 17.9 Å². The molecule has 0 saturated heterocycles. The standard InChI is InChI=1S/C65H114O6/c1-4-7-10-13-16-19-21-23-24-25-26-27-28-29-30-31-32-33-34-35-36-37-38-39-40-42-43-46-49-52-55-58-64(67)70-61-62(60-69-63(66)57-54-51-48-45-18-15-12-9-6-3)71-65(68)59-56-53-50-47-44-41-22-20-17-14-11-8-5-2/h7,10,16,19,23-24,26-27,29-30,32-33,62H,4-6,8-9,11-15,17-18,20-22,25,28,31,34-61H2,1-3H3/b10-7-,19-16-,24-23-,27-26-,30-29-,33-32-. The monoisotopic (exact) mass is 991 g/mol. The van der Waals surface area contributed by atoms with E-state index in [1.807, 2.05) is 0 Å². The van der Waals surface area contributed by atoms with E-state index in [2.05, 4.69) is 93.7 Å². The van der Waals surface area contributed by atoms with Gasteiger partial charge in [-0.1, -0.05) is 286 Å². The van der Waals surface area contributed by atoms with Crippen molar-refractivity contribution in [2.75, 3.05) is 13.2 Å². The second-order valence-electron chi connectivity index (χ2n) is 20.2. The quantitative estimate of drug-likeness (QED) is 0.0261. The minimum Gasteiger partial charge on any atom is -0.462 e. The zero-order valence-corrected chi connectivity index (χ0v) is 47.0. The predicted molar refractivity (Wildman–Crippen MR) is 307 cm³/mol. The molecule has 0 N–H and O–H groups in total. The summed E-state index contributed by atoms with van der Waals surface area (Å²) >= 11 is 0. The molecule has 71 heavy (non-hydrogen) atoms. The maximum absolute atomic E-state index is 12.8. The molecule has 0 aromatic carbocycles. The van der Waals surface area contributed by atoms with E-state index >= 15 is 0 Å². The van der Waals surface area contributed by atoms with Gasteiger partial charge >= 0.3 is 17.9 Å². The van der Waals surface area contributed by atoms with E-state index in [4.69, 9.17) is 14.2 Å². The fraction of sp³-hybridized carbons (Fsp3) is 0.769. The molecule has 0 saturated carbocycles. The Morgan fingerprint density at radius 3 is 0.859 bits per heavy atom. The second-order valence-corrected chi connectivity index (χ2v) is 20.2. The van der Waals surface area contributed by atoms with Gasteiger partial charge in [0, 0.05) is 19.3 Å². The molecule has 1 unspecified atom stereocenters. The summed E-state index contributed by atoms with van der Waals surface area (Å²) in [7, 11) is 0. The van der Waals surface area contributed by atoms with Crippen LogP contribution in [0.25, 0.3) is 0 Å². The van der Waals surface area contributed by atoms with E-state index < -0.39 is 6.10 Å². The molecule has 0 aliphatic heterocycles. The third-order valence-electron chi connectivity index (χ3n) is 13.2. The van der Waals surface area contributed by atoms with Crippen LogP contribution in [0.5, 0.6) is 0 Å². The number of carbonyl (C=O) groups excluding carboxylic acids is 3. The van der Waals surface area contributed by atoms with Gasteiger partial charge < -0.3 is 14.2 Å².